The van der Waals surface area contributed by atoms with Crippen LogP contribution in [0.4, 0.5) is 0 Å². The fraction of sp³-hybridized carbons (Fsp3) is 0.733. The monoisotopic (exact) mass is 279 g/mol. The van der Waals surface area contributed by atoms with Crippen molar-refractivity contribution in [2.24, 2.45) is 5.41 Å². The van der Waals surface area contributed by atoms with Crippen molar-refractivity contribution >= 4 is 5.91 Å². The van der Waals surface area contributed by atoms with Crippen molar-refractivity contribution in [3.63, 3.8) is 0 Å². The molecule has 0 aliphatic carbocycles. The van der Waals surface area contributed by atoms with Gasteiger partial charge in [-0.25, -0.2) is 4.98 Å². The number of rotatable bonds is 6. The van der Waals surface area contributed by atoms with Gasteiger partial charge in [0.25, 0.3) is 0 Å². The maximum Gasteiger partial charge on any atom is 0.227 e. The molecule has 1 aliphatic rings. The van der Waals surface area contributed by atoms with Crippen LogP contribution in [0.2, 0.25) is 0 Å². The number of amides is 1. The highest BCUT2D eigenvalue weighted by atomic mass is 16.4. The summed E-state index contributed by atoms with van der Waals surface area (Å²) in [6.45, 7) is 6.32. The summed E-state index contributed by atoms with van der Waals surface area (Å²) in [5.74, 6) is 1.57. The lowest BCUT2D eigenvalue weighted by molar-refractivity contribution is -0.132. The van der Waals surface area contributed by atoms with E-state index in [1.807, 2.05) is 6.92 Å². The molecule has 0 aromatic carbocycles. The number of carbonyl (C=O) groups excluding carboxylic acids is 1. The molecule has 1 atom stereocenters. The molecule has 0 saturated carbocycles. The lowest BCUT2D eigenvalue weighted by Crippen LogP contribution is -2.50. The summed E-state index contributed by atoms with van der Waals surface area (Å²) in [5.41, 5.74) is -0.257. The maximum atomic E-state index is 12.5. The van der Waals surface area contributed by atoms with Crippen LogP contribution in [0.15, 0.2) is 10.6 Å². The van der Waals surface area contributed by atoms with Gasteiger partial charge in [-0.05, 0) is 25.8 Å². The second-order valence-corrected chi connectivity index (χ2v) is 5.57. The average molecular weight is 279 g/mol. The molecule has 0 spiro atoms. The number of nitrogens with zero attached hydrogens (tertiary/aromatic N) is 1. The first-order chi connectivity index (χ1) is 9.70. The average Bonchev–Trinajstić information content (AvgIpc) is 2.94. The largest absolute Gasteiger partial charge is 0.444 e. The Hall–Kier alpha value is -1.36. The van der Waals surface area contributed by atoms with Crippen molar-refractivity contribution in [2.45, 2.75) is 52.5 Å². The van der Waals surface area contributed by atoms with Gasteiger partial charge in [-0.2, -0.15) is 0 Å². The van der Waals surface area contributed by atoms with Crippen molar-refractivity contribution in [3.05, 3.63) is 17.8 Å². The summed E-state index contributed by atoms with van der Waals surface area (Å²) in [5, 5.41) is 6.35. The molecule has 1 aromatic heterocycles. The molecule has 20 heavy (non-hydrogen) atoms. The van der Waals surface area contributed by atoms with Crippen LogP contribution >= 0.6 is 0 Å². The fourth-order valence-corrected chi connectivity index (χ4v) is 2.90. The van der Waals surface area contributed by atoms with Crippen LogP contribution in [0.1, 0.15) is 51.2 Å². The molecule has 112 valence electrons. The normalized spacial score (nSPS) is 22.7. The molecule has 1 fully saturated rings. The molecule has 1 unspecified atom stereocenters. The Balaban J connectivity index is 1.94. The van der Waals surface area contributed by atoms with E-state index >= 15 is 0 Å². The molecule has 5 nitrogen and oxygen atoms in total. The van der Waals surface area contributed by atoms with Gasteiger partial charge in [-0.1, -0.05) is 20.3 Å². The molecular weight excluding hydrogens is 254 g/mol. The minimum atomic E-state index is -0.257. The van der Waals surface area contributed by atoms with Gasteiger partial charge in [0.15, 0.2) is 0 Å². The molecule has 5 heteroatoms. The van der Waals surface area contributed by atoms with E-state index in [1.165, 1.54) is 0 Å². The summed E-state index contributed by atoms with van der Waals surface area (Å²) in [4.78, 5) is 16.7. The molecule has 0 radical (unpaired) electrons. The number of piperidine rings is 1. The van der Waals surface area contributed by atoms with E-state index in [-0.39, 0.29) is 11.3 Å². The van der Waals surface area contributed by atoms with Crippen LogP contribution in [0.25, 0.3) is 0 Å². The lowest BCUT2D eigenvalue weighted by Gasteiger charge is -2.36. The van der Waals surface area contributed by atoms with Gasteiger partial charge in [0.1, 0.15) is 5.76 Å². The molecule has 2 rings (SSSR count). The summed E-state index contributed by atoms with van der Waals surface area (Å²) in [6, 6.07) is 0. The number of hydrogen-bond donors (Lipinski definition) is 2. The molecule has 1 amide bonds. The van der Waals surface area contributed by atoms with Crippen LogP contribution in [0.5, 0.6) is 0 Å². The highest BCUT2D eigenvalue weighted by molar-refractivity contribution is 5.82. The highest BCUT2D eigenvalue weighted by Crippen LogP contribution is 2.31. The lowest BCUT2D eigenvalue weighted by atomic mass is 9.76. The van der Waals surface area contributed by atoms with E-state index in [1.54, 1.807) is 6.20 Å². The predicted octanol–water partition coefficient (Wildman–Crippen LogP) is 2.02. The van der Waals surface area contributed by atoms with E-state index in [0.29, 0.717) is 12.4 Å². The Labute approximate surface area is 120 Å². The summed E-state index contributed by atoms with van der Waals surface area (Å²) >= 11 is 0. The summed E-state index contributed by atoms with van der Waals surface area (Å²) in [7, 11) is 0. The van der Waals surface area contributed by atoms with Crippen molar-refractivity contribution in [2.75, 3.05) is 13.1 Å². The van der Waals surface area contributed by atoms with Crippen LogP contribution in [0.3, 0.4) is 0 Å². The molecule has 2 N–H and O–H groups in total. The van der Waals surface area contributed by atoms with Gasteiger partial charge in [0.2, 0.25) is 11.8 Å². The van der Waals surface area contributed by atoms with E-state index in [9.17, 15) is 4.79 Å². The molecular formula is C15H25N3O2. The number of aryl methyl sites for hydroxylation is 1. The van der Waals surface area contributed by atoms with Crippen LogP contribution in [-0.4, -0.2) is 24.0 Å². The Kier molecular flexibility index (Phi) is 5.17. The number of aromatic nitrogens is 1. The first-order valence-corrected chi connectivity index (χ1v) is 7.63. The number of oxazole rings is 1. The quantitative estimate of drug-likeness (QED) is 0.836. The smallest absolute Gasteiger partial charge is 0.227 e. The van der Waals surface area contributed by atoms with E-state index in [0.717, 1.165) is 51.0 Å². The second kappa shape index (κ2) is 6.88. The Morgan fingerprint density at radius 1 is 1.55 bits per heavy atom. The zero-order chi connectivity index (χ0) is 14.4. The van der Waals surface area contributed by atoms with Crippen LogP contribution in [-0.2, 0) is 17.8 Å². The molecule has 1 aliphatic heterocycles. The van der Waals surface area contributed by atoms with E-state index < -0.39 is 0 Å². The fourth-order valence-electron chi connectivity index (χ4n) is 2.90. The van der Waals surface area contributed by atoms with Gasteiger partial charge in [-0.3, -0.25) is 4.79 Å². The van der Waals surface area contributed by atoms with Gasteiger partial charge in [-0.15, -0.1) is 0 Å². The van der Waals surface area contributed by atoms with Gasteiger partial charge >= 0.3 is 0 Å². The van der Waals surface area contributed by atoms with Gasteiger partial charge < -0.3 is 15.1 Å². The van der Waals surface area contributed by atoms with Gasteiger partial charge in [0.05, 0.1) is 18.2 Å². The minimum absolute atomic E-state index is 0.128. The van der Waals surface area contributed by atoms with Crippen LogP contribution < -0.4 is 10.6 Å². The third-order valence-electron chi connectivity index (χ3n) is 4.03. The summed E-state index contributed by atoms with van der Waals surface area (Å²) < 4.78 is 5.52. The van der Waals surface area contributed by atoms with Crippen molar-refractivity contribution in [1.29, 1.82) is 0 Å². The molecule has 1 saturated heterocycles. The number of hydrogen-bond acceptors (Lipinski definition) is 4. The summed E-state index contributed by atoms with van der Waals surface area (Å²) in [6.07, 6.45) is 6.53. The standard InChI is InChI=1S/C15H25N3O2/c1-3-6-15(7-5-8-16-11-15)14(19)18-10-13-17-9-12(4-2)20-13/h9,16H,3-8,10-11H2,1-2H3,(H,18,19). The van der Waals surface area contributed by atoms with Crippen molar-refractivity contribution in [1.82, 2.24) is 15.6 Å². The zero-order valence-electron chi connectivity index (χ0n) is 12.5. The van der Waals surface area contributed by atoms with E-state index in [2.05, 4.69) is 22.5 Å². The Morgan fingerprint density at radius 2 is 2.40 bits per heavy atom. The first kappa shape index (κ1) is 15.0. The zero-order valence-corrected chi connectivity index (χ0v) is 12.5. The molecule has 0 bridgehead atoms. The third kappa shape index (κ3) is 3.39. The highest BCUT2D eigenvalue weighted by Gasteiger charge is 2.38. The third-order valence-corrected chi connectivity index (χ3v) is 4.03. The Bertz CT molecular complexity index is 431. The van der Waals surface area contributed by atoms with Crippen molar-refractivity contribution in [3.8, 4) is 0 Å². The van der Waals surface area contributed by atoms with Crippen LogP contribution in [0, 0.1) is 5.41 Å². The maximum absolute atomic E-state index is 12.5. The predicted molar refractivity (Wildman–Crippen MR) is 77.2 cm³/mol. The second-order valence-electron chi connectivity index (χ2n) is 5.57. The van der Waals surface area contributed by atoms with Gasteiger partial charge in [0, 0.05) is 13.0 Å². The molecule has 2 heterocycles. The Morgan fingerprint density at radius 3 is 3.00 bits per heavy atom. The van der Waals surface area contributed by atoms with Crippen molar-refractivity contribution < 1.29 is 9.21 Å². The topological polar surface area (TPSA) is 67.2 Å². The molecule has 1 aromatic rings. The first-order valence-electron chi connectivity index (χ1n) is 7.63. The SMILES string of the molecule is CCCC1(C(=O)NCc2ncc(CC)o2)CCCNC1. The minimum Gasteiger partial charge on any atom is -0.444 e. The van der Waals surface area contributed by atoms with E-state index in [4.69, 9.17) is 4.42 Å². The number of nitrogens with one attached hydrogen (secondary N) is 2. The number of carbonyl (C=O) groups is 1.